The number of nitrogens with one attached hydrogen (secondary N) is 1. The Morgan fingerprint density at radius 3 is 2.45 bits per heavy atom. The van der Waals surface area contributed by atoms with Crippen molar-refractivity contribution in [1.29, 1.82) is 0 Å². The summed E-state index contributed by atoms with van der Waals surface area (Å²) in [7, 11) is -0.122. The molecule has 0 spiro atoms. The van der Waals surface area contributed by atoms with Crippen molar-refractivity contribution in [3.05, 3.63) is 22.7 Å². The standard InChI is InChI=1S/C14H21BrN2O4S/c1-14(2,8-7-13(18)19)16-22(20,21)12-9-10(17(3)4)5-6-11(12)15/h5-6,9,16H,7-8H2,1-4H3,(H,18,19). The van der Waals surface area contributed by atoms with Crippen LogP contribution in [0.4, 0.5) is 5.69 Å². The summed E-state index contributed by atoms with van der Waals surface area (Å²) in [5.74, 6) is -0.956. The number of anilines is 1. The first-order chi connectivity index (χ1) is 9.94. The number of benzene rings is 1. The molecule has 0 unspecified atom stereocenters. The summed E-state index contributed by atoms with van der Waals surface area (Å²) in [4.78, 5) is 12.6. The van der Waals surface area contributed by atoms with Crippen LogP contribution < -0.4 is 9.62 Å². The van der Waals surface area contributed by atoms with Crippen molar-refractivity contribution < 1.29 is 18.3 Å². The van der Waals surface area contributed by atoms with Gasteiger partial charge < -0.3 is 10.0 Å². The van der Waals surface area contributed by atoms with E-state index >= 15 is 0 Å². The molecule has 0 heterocycles. The Bertz CT molecular complexity index is 657. The summed E-state index contributed by atoms with van der Waals surface area (Å²) in [6.07, 6.45) is 0.0982. The van der Waals surface area contributed by atoms with Crippen molar-refractivity contribution >= 4 is 37.6 Å². The molecule has 0 aliphatic heterocycles. The van der Waals surface area contributed by atoms with Crippen LogP contribution in [-0.2, 0) is 14.8 Å². The van der Waals surface area contributed by atoms with Gasteiger partial charge in [-0.1, -0.05) is 0 Å². The van der Waals surface area contributed by atoms with Gasteiger partial charge in [-0.25, -0.2) is 13.1 Å². The van der Waals surface area contributed by atoms with E-state index in [0.29, 0.717) is 4.47 Å². The highest BCUT2D eigenvalue weighted by Gasteiger charge is 2.28. The SMILES string of the molecule is CN(C)c1ccc(Br)c(S(=O)(=O)NC(C)(C)CCC(=O)O)c1. The average Bonchev–Trinajstić information content (AvgIpc) is 2.35. The molecule has 0 aromatic heterocycles. The Labute approximate surface area is 139 Å². The number of carboxylic acid groups (broad SMARTS) is 1. The third-order valence-corrected chi connectivity index (χ3v) is 5.79. The number of aliphatic carboxylic acids is 1. The van der Waals surface area contributed by atoms with Gasteiger partial charge in [-0.15, -0.1) is 0 Å². The molecule has 1 aromatic rings. The number of carboxylic acids is 1. The fourth-order valence-electron chi connectivity index (χ4n) is 1.87. The number of sulfonamides is 1. The summed E-state index contributed by atoms with van der Waals surface area (Å²) in [5.41, 5.74) is -0.1000. The lowest BCUT2D eigenvalue weighted by Crippen LogP contribution is -2.43. The van der Waals surface area contributed by atoms with Crippen molar-refractivity contribution in [1.82, 2.24) is 4.72 Å². The van der Waals surface area contributed by atoms with Crippen LogP contribution >= 0.6 is 15.9 Å². The van der Waals surface area contributed by atoms with Gasteiger partial charge in [-0.3, -0.25) is 4.79 Å². The largest absolute Gasteiger partial charge is 0.481 e. The molecule has 0 atom stereocenters. The summed E-state index contributed by atoms with van der Waals surface area (Å²) in [6, 6.07) is 5.05. The molecule has 2 N–H and O–H groups in total. The lowest BCUT2D eigenvalue weighted by Gasteiger charge is -2.26. The van der Waals surface area contributed by atoms with Crippen LogP contribution in [0.3, 0.4) is 0 Å². The van der Waals surface area contributed by atoms with Crippen LogP contribution in [0.2, 0.25) is 0 Å². The summed E-state index contributed by atoms with van der Waals surface area (Å²) in [5, 5.41) is 8.74. The molecule has 1 aromatic carbocycles. The minimum Gasteiger partial charge on any atom is -0.481 e. The molecule has 6 nitrogen and oxygen atoms in total. The van der Waals surface area contributed by atoms with E-state index in [1.165, 1.54) is 0 Å². The van der Waals surface area contributed by atoms with E-state index in [-0.39, 0.29) is 17.7 Å². The third-order valence-electron chi connectivity index (χ3n) is 3.10. The maximum atomic E-state index is 12.6. The Morgan fingerprint density at radius 1 is 1.36 bits per heavy atom. The van der Waals surface area contributed by atoms with Gasteiger partial charge in [-0.05, 0) is 54.4 Å². The summed E-state index contributed by atoms with van der Waals surface area (Å²) < 4.78 is 28.2. The molecule has 0 radical (unpaired) electrons. The zero-order valence-corrected chi connectivity index (χ0v) is 15.5. The number of hydrogen-bond acceptors (Lipinski definition) is 4. The predicted molar refractivity (Wildman–Crippen MR) is 89.7 cm³/mol. The van der Waals surface area contributed by atoms with E-state index < -0.39 is 21.5 Å². The fourth-order valence-corrected chi connectivity index (χ4v) is 4.29. The highest BCUT2D eigenvalue weighted by atomic mass is 79.9. The van der Waals surface area contributed by atoms with Gasteiger partial charge in [0, 0.05) is 36.2 Å². The molecule has 0 amide bonds. The molecule has 8 heteroatoms. The zero-order chi connectivity index (χ0) is 17.1. The number of carbonyl (C=O) groups is 1. The first-order valence-electron chi connectivity index (χ1n) is 6.67. The van der Waals surface area contributed by atoms with E-state index in [2.05, 4.69) is 20.7 Å². The lowest BCUT2D eigenvalue weighted by atomic mass is 10.0. The second-order valence-electron chi connectivity index (χ2n) is 5.89. The zero-order valence-electron chi connectivity index (χ0n) is 13.1. The maximum absolute atomic E-state index is 12.6. The first kappa shape index (κ1) is 18.9. The van der Waals surface area contributed by atoms with Crippen molar-refractivity contribution in [2.45, 2.75) is 37.1 Å². The van der Waals surface area contributed by atoms with Gasteiger partial charge >= 0.3 is 5.97 Å². The molecular formula is C14H21BrN2O4S. The number of rotatable bonds is 7. The fraction of sp³-hybridized carbons (Fsp3) is 0.500. The predicted octanol–water partition coefficient (Wildman–Crippen LogP) is 2.44. The van der Waals surface area contributed by atoms with Crippen LogP contribution in [0.1, 0.15) is 26.7 Å². The van der Waals surface area contributed by atoms with Gasteiger partial charge in [-0.2, -0.15) is 0 Å². The highest BCUT2D eigenvalue weighted by molar-refractivity contribution is 9.10. The Morgan fingerprint density at radius 2 is 1.95 bits per heavy atom. The van der Waals surface area contributed by atoms with Crippen molar-refractivity contribution in [3.63, 3.8) is 0 Å². The normalized spacial score (nSPS) is 12.2. The average molecular weight is 393 g/mol. The minimum atomic E-state index is -3.77. The second-order valence-corrected chi connectivity index (χ2v) is 8.40. The topological polar surface area (TPSA) is 86.7 Å². The third kappa shape index (κ3) is 5.26. The number of halogens is 1. The van der Waals surface area contributed by atoms with E-state index in [4.69, 9.17) is 5.11 Å². The molecule has 22 heavy (non-hydrogen) atoms. The Hall–Kier alpha value is -1.12. The number of hydrogen-bond donors (Lipinski definition) is 2. The molecule has 0 aliphatic carbocycles. The van der Waals surface area contributed by atoms with E-state index in [9.17, 15) is 13.2 Å². The number of nitrogens with zero attached hydrogens (tertiary/aromatic N) is 1. The van der Waals surface area contributed by atoms with Crippen LogP contribution in [0.25, 0.3) is 0 Å². The molecule has 124 valence electrons. The second kappa shape index (κ2) is 6.97. The van der Waals surface area contributed by atoms with E-state index in [1.54, 1.807) is 36.9 Å². The van der Waals surface area contributed by atoms with Gasteiger partial charge in [0.15, 0.2) is 0 Å². The van der Waals surface area contributed by atoms with Crippen LogP contribution in [0.5, 0.6) is 0 Å². The van der Waals surface area contributed by atoms with Crippen LogP contribution in [0.15, 0.2) is 27.6 Å². The van der Waals surface area contributed by atoms with Crippen molar-refractivity contribution in [3.8, 4) is 0 Å². The Balaban J connectivity index is 3.09. The quantitative estimate of drug-likeness (QED) is 0.743. The maximum Gasteiger partial charge on any atom is 0.303 e. The summed E-state index contributed by atoms with van der Waals surface area (Å²) >= 11 is 3.25. The van der Waals surface area contributed by atoms with E-state index in [1.807, 2.05) is 14.1 Å². The minimum absolute atomic E-state index is 0.103. The van der Waals surface area contributed by atoms with Gasteiger partial charge in [0.05, 0.1) is 4.90 Å². The van der Waals surface area contributed by atoms with Crippen LogP contribution in [-0.4, -0.2) is 39.1 Å². The highest BCUT2D eigenvalue weighted by Crippen LogP contribution is 2.28. The lowest BCUT2D eigenvalue weighted by molar-refractivity contribution is -0.137. The van der Waals surface area contributed by atoms with Gasteiger partial charge in [0.2, 0.25) is 10.0 Å². The molecule has 0 fully saturated rings. The smallest absolute Gasteiger partial charge is 0.303 e. The Kier molecular flexibility index (Phi) is 6.00. The van der Waals surface area contributed by atoms with Crippen LogP contribution in [0, 0.1) is 0 Å². The molecule has 0 saturated heterocycles. The van der Waals surface area contributed by atoms with E-state index in [0.717, 1.165) is 5.69 Å². The first-order valence-corrected chi connectivity index (χ1v) is 8.95. The van der Waals surface area contributed by atoms with Crippen molar-refractivity contribution in [2.24, 2.45) is 0 Å². The van der Waals surface area contributed by atoms with Crippen molar-refractivity contribution in [2.75, 3.05) is 19.0 Å². The molecule has 0 saturated carbocycles. The van der Waals surface area contributed by atoms with Gasteiger partial charge in [0.25, 0.3) is 0 Å². The molecule has 0 bridgehead atoms. The molecule has 0 aliphatic rings. The molecule has 1 rings (SSSR count). The monoisotopic (exact) mass is 392 g/mol. The molecular weight excluding hydrogens is 372 g/mol. The van der Waals surface area contributed by atoms with Gasteiger partial charge in [0.1, 0.15) is 0 Å². The summed E-state index contributed by atoms with van der Waals surface area (Å²) in [6.45, 7) is 3.33.